The molecule has 0 saturated heterocycles. The summed E-state index contributed by atoms with van der Waals surface area (Å²) < 4.78 is 3.04. The summed E-state index contributed by atoms with van der Waals surface area (Å²) in [5.74, 6) is 0. The number of aromatic nitrogens is 2. The number of thiocarbonyl (C=S) groups is 1. The van der Waals surface area contributed by atoms with E-state index >= 15 is 0 Å². The third kappa shape index (κ3) is 4.89. The molecule has 4 nitrogen and oxygen atoms in total. The maximum atomic E-state index is 6.18. The molecule has 3 aromatic rings. The molecule has 27 heavy (non-hydrogen) atoms. The summed E-state index contributed by atoms with van der Waals surface area (Å²) in [6.07, 6.45) is 0. The number of hydrogen-bond acceptors (Lipinski definition) is 2. The fraction of sp³-hybridized carbons (Fsp3) is 0.200. The molecule has 0 unspecified atom stereocenters. The summed E-state index contributed by atoms with van der Waals surface area (Å²) in [7, 11) is 0. The first-order valence-corrected chi connectivity index (χ1v) is 10.0. The van der Waals surface area contributed by atoms with Crippen LogP contribution in [0, 0.1) is 20.8 Å². The molecule has 7 heteroatoms. The molecule has 0 aliphatic heterocycles. The van der Waals surface area contributed by atoms with Gasteiger partial charge in [0, 0.05) is 15.2 Å². The average molecular weight is 464 g/mol. The van der Waals surface area contributed by atoms with Crippen LogP contribution in [0.3, 0.4) is 0 Å². The van der Waals surface area contributed by atoms with Crippen molar-refractivity contribution in [1.82, 2.24) is 9.78 Å². The molecule has 2 aromatic carbocycles. The highest BCUT2D eigenvalue weighted by molar-refractivity contribution is 9.10. The van der Waals surface area contributed by atoms with Crippen LogP contribution in [0.1, 0.15) is 22.5 Å². The Hall–Kier alpha value is -1.89. The third-order valence-electron chi connectivity index (χ3n) is 4.30. The van der Waals surface area contributed by atoms with E-state index < -0.39 is 0 Å². The number of aryl methyl sites for hydroxylation is 2. The molecule has 0 amide bonds. The van der Waals surface area contributed by atoms with Crippen LogP contribution in [0.2, 0.25) is 5.02 Å². The molecular formula is C20H20BrClN4S. The van der Waals surface area contributed by atoms with Gasteiger partial charge in [0.2, 0.25) is 0 Å². The number of anilines is 2. The van der Waals surface area contributed by atoms with Crippen molar-refractivity contribution in [3.8, 4) is 0 Å². The molecule has 0 aliphatic carbocycles. The molecule has 1 heterocycles. The first kappa shape index (κ1) is 19.9. The van der Waals surface area contributed by atoms with Crippen LogP contribution in [0.4, 0.5) is 11.4 Å². The number of nitrogens with one attached hydrogen (secondary N) is 2. The van der Waals surface area contributed by atoms with Crippen molar-refractivity contribution in [2.45, 2.75) is 27.3 Å². The minimum absolute atomic E-state index is 0.504. The van der Waals surface area contributed by atoms with Crippen LogP contribution in [0.5, 0.6) is 0 Å². The van der Waals surface area contributed by atoms with E-state index in [2.05, 4.69) is 43.8 Å². The van der Waals surface area contributed by atoms with Crippen LogP contribution in [0.25, 0.3) is 0 Å². The average Bonchev–Trinajstić information content (AvgIpc) is 2.87. The molecule has 0 bridgehead atoms. The summed E-state index contributed by atoms with van der Waals surface area (Å²) in [5, 5.41) is 12.3. The molecule has 0 atom stereocenters. The molecule has 3 rings (SSSR count). The zero-order chi connectivity index (χ0) is 19.6. The molecule has 140 valence electrons. The zero-order valence-electron chi connectivity index (χ0n) is 15.3. The van der Waals surface area contributed by atoms with E-state index in [-0.39, 0.29) is 0 Å². The lowest BCUT2D eigenvalue weighted by Gasteiger charge is -2.12. The largest absolute Gasteiger partial charge is 0.332 e. The van der Waals surface area contributed by atoms with E-state index in [0.717, 1.165) is 32.8 Å². The molecule has 1 aromatic heterocycles. The van der Waals surface area contributed by atoms with Gasteiger partial charge in [-0.05, 0) is 68.4 Å². The standard InChI is InChI=1S/C20H20BrClN4S/c1-12-4-9-17(10-18(12)22)23-20(27)24-19-13(2)25-26(14(19)3)11-15-5-7-16(21)8-6-15/h4-10H,11H2,1-3H3,(H2,23,24,27). The lowest BCUT2D eigenvalue weighted by molar-refractivity contribution is 0.659. The van der Waals surface area contributed by atoms with Crippen LogP contribution in [0.15, 0.2) is 46.9 Å². The Labute approximate surface area is 178 Å². The predicted octanol–water partition coefficient (Wildman–Crippen LogP) is 6.08. The van der Waals surface area contributed by atoms with Gasteiger partial charge in [0.15, 0.2) is 5.11 Å². The topological polar surface area (TPSA) is 41.9 Å². The predicted molar refractivity (Wildman–Crippen MR) is 121 cm³/mol. The van der Waals surface area contributed by atoms with Crippen LogP contribution in [-0.4, -0.2) is 14.9 Å². The van der Waals surface area contributed by atoms with Crippen molar-refractivity contribution < 1.29 is 0 Å². The lowest BCUT2D eigenvalue weighted by Crippen LogP contribution is -2.20. The summed E-state index contributed by atoms with van der Waals surface area (Å²) in [6, 6.07) is 14.0. The number of benzene rings is 2. The van der Waals surface area contributed by atoms with E-state index in [1.54, 1.807) is 0 Å². The van der Waals surface area contributed by atoms with Crippen LogP contribution in [-0.2, 0) is 6.54 Å². The van der Waals surface area contributed by atoms with Gasteiger partial charge in [-0.25, -0.2) is 0 Å². The Morgan fingerprint density at radius 3 is 2.48 bits per heavy atom. The van der Waals surface area contributed by atoms with Crippen molar-refractivity contribution in [1.29, 1.82) is 0 Å². The number of halogens is 2. The molecule has 0 saturated carbocycles. The Balaban J connectivity index is 1.72. The summed E-state index contributed by atoms with van der Waals surface area (Å²) in [6.45, 7) is 6.68. The van der Waals surface area contributed by atoms with Crippen molar-refractivity contribution in [3.63, 3.8) is 0 Å². The van der Waals surface area contributed by atoms with Gasteiger partial charge in [0.05, 0.1) is 23.6 Å². The van der Waals surface area contributed by atoms with Gasteiger partial charge in [-0.15, -0.1) is 0 Å². The van der Waals surface area contributed by atoms with Gasteiger partial charge in [0.25, 0.3) is 0 Å². The normalized spacial score (nSPS) is 10.7. The quantitative estimate of drug-likeness (QED) is 0.460. The molecular weight excluding hydrogens is 444 g/mol. The molecule has 0 radical (unpaired) electrons. The van der Waals surface area contributed by atoms with E-state index in [0.29, 0.717) is 16.7 Å². The minimum Gasteiger partial charge on any atom is -0.332 e. The molecule has 2 N–H and O–H groups in total. The molecule has 0 aliphatic rings. The highest BCUT2D eigenvalue weighted by Gasteiger charge is 2.13. The van der Waals surface area contributed by atoms with Crippen molar-refractivity contribution in [2.24, 2.45) is 0 Å². The van der Waals surface area contributed by atoms with Crippen LogP contribution < -0.4 is 10.6 Å². The monoisotopic (exact) mass is 462 g/mol. The van der Waals surface area contributed by atoms with Crippen molar-refractivity contribution >= 4 is 56.2 Å². The minimum atomic E-state index is 0.504. The Bertz CT molecular complexity index is 982. The number of hydrogen-bond donors (Lipinski definition) is 2. The molecule has 0 spiro atoms. The second-order valence-electron chi connectivity index (χ2n) is 6.37. The highest BCUT2D eigenvalue weighted by Crippen LogP contribution is 2.23. The zero-order valence-corrected chi connectivity index (χ0v) is 18.5. The first-order valence-electron chi connectivity index (χ1n) is 8.46. The second-order valence-corrected chi connectivity index (χ2v) is 8.10. The first-order chi connectivity index (χ1) is 12.8. The smallest absolute Gasteiger partial charge is 0.175 e. The Kier molecular flexibility index (Phi) is 6.19. The van der Waals surface area contributed by atoms with Gasteiger partial charge < -0.3 is 10.6 Å². The Morgan fingerprint density at radius 2 is 1.81 bits per heavy atom. The van der Waals surface area contributed by atoms with E-state index in [9.17, 15) is 0 Å². The van der Waals surface area contributed by atoms with Crippen molar-refractivity contribution in [3.05, 3.63) is 74.5 Å². The number of rotatable bonds is 4. The van der Waals surface area contributed by atoms with E-state index in [1.165, 1.54) is 5.56 Å². The van der Waals surface area contributed by atoms with Gasteiger partial charge in [-0.1, -0.05) is 45.7 Å². The van der Waals surface area contributed by atoms with Crippen LogP contribution >= 0.6 is 39.7 Å². The fourth-order valence-electron chi connectivity index (χ4n) is 2.74. The van der Waals surface area contributed by atoms with E-state index in [4.69, 9.17) is 23.8 Å². The van der Waals surface area contributed by atoms with Gasteiger partial charge in [-0.2, -0.15) is 5.10 Å². The summed E-state index contributed by atoms with van der Waals surface area (Å²) in [5.41, 5.74) is 5.91. The van der Waals surface area contributed by atoms with Crippen molar-refractivity contribution in [2.75, 3.05) is 10.6 Å². The second kappa shape index (κ2) is 8.42. The maximum Gasteiger partial charge on any atom is 0.175 e. The lowest BCUT2D eigenvalue weighted by atomic mass is 10.2. The summed E-state index contributed by atoms with van der Waals surface area (Å²) in [4.78, 5) is 0. The summed E-state index contributed by atoms with van der Waals surface area (Å²) >= 11 is 15.1. The van der Waals surface area contributed by atoms with Gasteiger partial charge in [-0.3, -0.25) is 4.68 Å². The maximum absolute atomic E-state index is 6.18. The van der Waals surface area contributed by atoms with Gasteiger partial charge in [0.1, 0.15) is 0 Å². The van der Waals surface area contributed by atoms with Gasteiger partial charge >= 0.3 is 0 Å². The highest BCUT2D eigenvalue weighted by atomic mass is 79.9. The SMILES string of the molecule is Cc1ccc(NC(=S)Nc2c(C)nn(Cc3ccc(Br)cc3)c2C)cc1Cl. The third-order valence-corrected chi connectivity index (χ3v) is 5.44. The fourth-order valence-corrected chi connectivity index (χ4v) is 3.41. The number of nitrogens with zero attached hydrogens (tertiary/aromatic N) is 2. The Morgan fingerprint density at radius 1 is 1.11 bits per heavy atom. The molecule has 0 fully saturated rings. The van der Waals surface area contributed by atoms with E-state index in [1.807, 2.05) is 55.8 Å².